The molecule has 1 saturated heterocycles. The zero-order chi connectivity index (χ0) is 20.0. The molecule has 2 aliphatic rings. The molecule has 1 N–H and O–H groups in total. The minimum Gasteiger partial charge on any atom is -0.481 e. The maximum absolute atomic E-state index is 13.1. The number of carboxylic acid groups (broad SMARTS) is 1. The van der Waals surface area contributed by atoms with E-state index < -0.39 is 11.9 Å². The molecule has 1 aromatic heterocycles. The molecule has 6 nitrogen and oxygen atoms in total. The van der Waals surface area contributed by atoms with Crippen molar-refractivity contribution in [2.45, 2.75) is 33.2 Å². The number of carbonyl (C=O) groups is 2. The summed E-state index contributed by atoms with van der Waals surface area (Å²) in [6.07, 6.45) is 2.19. The largest absolute Gasteiger partial charge is 0.481 e. The van der Waals surface area contributed by atoms with Gasteiger partial charge in [0.15, 0.2) is 0 Å². The van der Waals surface area contributed by atoms with Crippen LogP contribution in [0.3, 0.4) is 0 Å². The lowest BCUT2D eigenvalue weighted by Gasteiger charge is -2.16. The zero-order valence-corrected chi connectivity index (χ0v) is 16.8. The van der Waals surface area contributed by atoms with Crippen molar-refractivity contribution in [2.75, 3.05) is 26.8 Å². The Bertz CT molecular complexity index is 928. The molecule has 1 aliphatic heterocycles. The molecule has 2 aromatic rings. The second-order valence-electron chi connectivity index (χ2n) is 8.24. The number of carbonyl (C=O) groups excluding carboxylic acids is 1. The second kappa shape index (κ2) is 7.24. The van der Waals surface area contributed by atoms with Crippen LogP contribution in [0.2, 0.25) is 0 Å². The lowest BCUT2D eigenvalue weighted by Crippen LogP contribution is -2.29. The van der Waals surface area contributed by atoms with Crippen LogP contribution in [0.15, 0.2) is 18.2 Å². The fraction of sp³-hybridized carbons (Fsp3) is 0.545. The van der Waals surface area contributed by atoms with Crippen molar-refractivity contribution in [3.05, 3.63) is 35.0 Å². The Morgan fingerprint density at radius 2 is 1.96 bits per heavy atom. The Hall–Kier alpha value is -2.34. The molecule has 1 aromatic carbocycles. The molecular weight excluding hydrogens is 356 g/mol. The van der Waals surface area contributed by atoms with Crippen molar-refractivity contribution >= 4 is 22.8 Å². The number of nitrogens with zero attached hydrogens (tertiary/aromatic N) is 2. The third kappa shape index (κ3) is 3.20. The van der Waals surface area contributed by atoms with E-state index in [-0.39, 0.29) is 11.8 Å². The van der Waals surface area contributed by atoms with Gasteiger partial charge in [0.05, 0.1) is 12.5 Å². The molecule has 28 heavy (non-hydrogen) atoms. The van der Waals surface area contributed by atoms with Crippen molar-refractivity contribution < 1.29 is 19.4 Å². The van der Waals surface area contributed by atoms with Crippen LogP contribution < -0.4 is 0 Å². The molecule has 1 amide bonds. The first-order valence-electron chi connectivity index (χ1n) is 10.0. The third-order valence-corrected chi connectivity index (χ3v) is 6.60. The summed E-state index contributed by atoms with van der Waals surface area (Å²) < 4.78 is 7.45. The van der Waals surface area contributed by atoms with Crippen LogP contribution in [0.25, 0.3) is 10.9 Å². The van der Waals surface area contributed by atoms with Gasteiger partial charge in [-0.3, -0.25) is 9.59 Å². The Balaban J connectivity index is 1.61. The summed E-state index contributed by atoms with van der Waals surface area (Å²) in [4.78, 5) is 26.5. The summed E-state index contributed by atoms with van der Waals surface area (Å²) in [6.45, 7) is 6.46. The SMILES string of the molecule is COCCn1c(C)c(C)c2cc(C(=O)N3C[C@H](C(=O)O)[C@@H](C4CC4)C3)ccc21. The Morgan fingerprint density at radius 3 is 2.61 bits per heavy atom. The molecule has 2 fully saturated rings. The van der Waals surface area contributed by atoms with Gasteiger partial charge in [0, 0.05) is 48.9 Å². The van der Waals surface area contributed by atoms with Crippen LogP contribution in [0.1, 0.15) is 34.5 Å². The molecule has 1 aliphatic carbocycles. The predicted octanol–water partition coefficient (Wildman–Crippen LogP) is 3.09. The number of likely N-dealkylation sites (tertiary alicyclic amines) is 1. The Kier molecular flexibility index (Phi) is 4.91. The molecule has 0 unspecified atom stereocenters. The number of ether oxygens (including phenoxy) is 1. The maximum Gasteiger partial charge on any atom is 0.308 e. The monoisotopic (exact) mass is 384 g/mol. The summed E-state index contributed by atoms with van der Waals surface area (Å²) in [5.74, 6) is -0.688. The van der Waals surface area contributed by atoms with E-state index in [0.29, 0.717) is 31.2 Å². The summed E-state index contributed by atoms with van der Waals surface area (Å²) in [7, 11) is 1.69. The van der Waals surface area contributed by atoms with Gasteiger partial charge in [-0.2, -0.15) is 0 Å². The number of amides is 1. The highest BCUT2D eigenvalue weighted by atomic mass is 16.5. The third-order valence-electron chi connectivity index (χ3n) is 6.60. The van der Waals surface area contributed by atoms with E-state index >= 15 is 0 Å². The van der Waals surface area contributed by atoms with E-state index in [1.807, 2.05) is 18.2 Å². The number of hydrogen-bond acceptors (Lipinski definition) is 3. The minimum atomic E-state index is -0.774. The Labute approximate surface area is 165 Å². The molecule has 150 valence electrons. The molecule has 0 bridgehead atoms. The molecular formula is C22H28N2O4. The normalized spacial score (nSPS) is 22.2. The highest BCUT2D eigenvalue weighted by molar-refractivity contribution is 5.99. The van der Waals surface area contributed by atoms with Crippen LogP contribution in [0, 0.1) is 31.6 Å². The number of fused-ring (bicyclic) bond motifs is 1. The standard InChI is InChI=1S/C22H28N2O4/c1-13-14(2)24(8-9-28-3)20-7-6-16(10-17(13)20)21(25)23-11-18(15-4-5-15)19(12-23)22(26)27/h6-7,10,15,18-19H,4-5,8-9,11-12H2,1-3H3,(H,26,27)/t18-,19+/m1/s1. The summed E-state index contributed by atoms with van der Waals surface area (Å²) in [5.41, 5.74) is 4.09. The predicted molar refractivity (Wildman–Crippen MR) is 107 cm³/mol. The second-order valence-corrected chi connectivity index (χ2v) is 8.24. The number of carboxylic acids is 1. The fourth-order valence-electron chi connectivity index (χ4n) is 4.69. The topological polar surface area (TPSA) is 71.8 Å². The smallest absolute Gasteiger partial charge is 0.308 e. The highest BCUT2D eigenvalue weighted by Crippen LogP contribution is 2.44. The van der Waals surface area contributed by atoms with Gasteiger partial charge in [-0.15, -0.1) is 0 Å². The number of aromatic nitrogens is 1. The van der Waals surface area contributed by atoms with Crippen LogP contribution in [-0.2, 0) is 16.1 Å². The zero-order valence-electron chi connectivity index (χ0n) is 16.8. The van der Waals surface area contributed by atoms with Gasteiger partial charge in [-0.05, 0) is 62.3 Å². The summed E-state index contributed by atoms with van der Waals surface area (Å²) in [5, 5.41) is 10.6. The van der Waals surface area contributed by atoms with Gasteiger partial charge in [0.1, 0.15) is 0 Å². The highest BCUT2D eigenvalue weighted by Gasteiger charge is 2.46. The van der Waals surface area contributed by atoms with Crippen molar-refractivity contribution in [3.63, 3.8) is 0 Å². The van der Waals surface area contributed by atoms with Crippen molar-refractivity contribution in [1.82, 2.24) is 9.47 Å². The number of rotatable bonds is 6. The van der Waals surface area contributed by atoms with Crippen LogP contribution in [-0.4, -0.2) is 53.3 Å². The number of methoxy groups -OCH3 is 1. The quantitative estimate of drug-likeness (QED) is 0.831. The fourth-order valence-corrected chi connectivity index (χ4v) is 4.69. The average molecular weight is 384 g/mol. The van der Waals surface area contributed by atoms with E-state index in [2.05, 4.69) is 18.4 Å². The molecule has 1 saturated carbocycles. The van der Waals surface area contributed by atoms with E-state index in [9.17, 15) is 14.7 Å². The van der Waals surface area contributed by atoms with E-state index in [4.69, 9.17) is 4.74 Å². The van der Waals surface area contributed by atoms with Crippen molar-refractivity contribution in [1.29, 1.82) is 0 Å². The first kappa shape index (κ1) is 19.0. The van der Waals surface area contributed by atoms with Gasteiger partial charge in [0.2, 0.25) is 0 Å². The van der Waals surface area contributed by atoms with E-state index in [0.717, 1.165) is 30.3 Å². The van der Waals surface area contributed by atoms with Gasteiger partial charge in [-0.1, -0.05) is 0 Å². The molecule has 0 spiro atoms. The van der Waals surface area contributed by atoms with Crippen LogP contribution in [0.4, 0.5) is 0 Å². The summed E-state index contributed by atoms with van der Waals surface area (Å²) in [6, 6.07) is 5.83. The lowest BCUT2D eigenvalue weighted by atomic mass is 9.92. The van der Waals surface area contributed by atoms with E-state index in [1.165, 1.54) is 11.3 Å². The lowest BCUT2D eigenvalue weighted by molar-refractivity contribution is -0.142. The van der Waals surface area contributed by atoms with Crippen LogP contribution >= 0.6 is 0 Å². The molecule has 0 radical (unpaired) electrons. The maximum atomic E-state index is 13.1. The van der Waals surface area contributed by atoms with Gasteiger partial charge < -0.3 is 19.3 Å². The van der Waals surface area contributed by atoms with Gasteiger partial charge >= 0.3 is 5.97 Å². The molecule has 2 atom stereocenters. The van der Waals surface area contributed by atoms with Crippen molar-refractivity contribution in [3.8, 4) is 0 Å². The number of hydrogen-bond donors (Lipinski definition) is 1. The minimum absolute atomic E-state index is 0.0574. The first-order chi connectivity index (χ1) is 13.4. The van der Waals surface area contributed by atoms with Crippen LogP contribution in [0.5, 0.6) is 0 Å². The number of benzene rings is 1. The van der Waals surface area contributed by atoms with E-state index in [1.54, 1.807) is 12.0 Å². The van der Waals surface area contributed by atoms with Crippen molar-refractivity contribution in [2.24, 2.45) is 17.8 Å². The number of aryl methyl sites for hydroxylation is 1. The first-order valence-corrected chi connectivity index (χ1v) is 10.0. The molecule has 6 heteroatoms. The molecule has 2 heterocycles. The molecule has 4 rings (SSSR count). The Morgan fingerprint density at radius 1 is 1.21 bits per heavy atom. The number of aliphatic carboxylic acids is 1. The van der Waals surface area contributed by atoms with Gasteiger partial charge in [0.25, 0.3) is 5.91 Å². The van der Waals surface area contributed by atoms with Gasteiger partial charge in [-0.25, -0.2) is 0 Å². The summed E-state index contributed by atoms with van der Waals surface area (Å²) >= 11 is 0. The average Bonchev–Trinajstić information content (AvgIpc) is 3.39.